The third-order valence-electron chi connectivity index (χ3n) is 3.02. The van der Waals surface area contributed by atoms with Crippen LogP contribution in [0.4, 0.5) is 0 Å². The number of hydrogen-bond acceptors (Lipinski definition) is 2. The van der Waals surface area contributed by atoms with Gasteiger partial charge in [0.05, 0.1) is 0 Å². The van der Waals surface area contributed by atoms with Crippen LogP contribution in [0.3, 0.4) is 0 Å². The van der Waals surface area contributed by atoms with Crippen LogP contribution in [0, 0.1) is 0 Å². The molecule has 0 radical (unpaired) electrons. The van der Waals surface area contributed by atoms with Gasteiger partial charge in [-0.3, -0.25) is 0 Å². The normalized spacial score (nSPS) is 20.3. The van der Waals surface area contributed by atoms with Crippen molar-refractivity contribution in [1.29, 1.82) is 0 Å². The molecule has 0 amide bonds. The first-order valence-electron chi connectivity index (χ1n) is 4.49. The van der Waals surface area contributed by atoms with Crippen molar-refractivity contribution in [2.24, 2.45) is 5.73 Å². The van der Waals surface area contributed by atoms with Crippen molar-refractivity contribution in [1.82, 2.24) is 0 Å². The van der Waals surface area contributed by atoms with E-state index in [2.05, 4.69) is 41.2 Å². The van der Waals surface area contributed by atoms with Crippen LogP contribution in [0.1, 0.15) is 31.6 Å². The van der Waals surface area contributed by atoms with Crippen molar-refractivity contribution in [2.45, 2.75) is 37.6 Å². The second kappa shape index (κ2) is 2.81. The Hall–Kier alpha value is 0.140. The monoisotopic (exact) mass is 259 g/mol. The van der Waals surface area contributed by atoms with Crippen LogP contribution in [0.15, 0.2) is 15.9 Å². The van der Waals surface area contributed by atoms with Crippen molar-refractivity contribution < 1.29 is 0 Å². The van der Waals surface area contributed by atoms with Crippen molar-refractivity contribution in [3.05, 3.63) is 20.8 Å². The SMILES string of the molecule is CC(C)(N)C1(c2cc(Br)cs2)CC1. The number of rotatable bonds is 2. The van der Waals surface area contributed by atoms with Crippen LogP contribution in [0.2, 0.25) is 0 Å². The van der Waals surface area contributed by atoms with Crippen LogP contribution in [0.25, 0.3) is 0 Å². The molecule has 0 aromatic carbocycles. The molecule has 0 bridgehead atoms. The highest BCUT2D eigenvalue weighted by Crippen LogP contribution is 2.56. The molecule has 1 aliphatic carbocycles. The third-order valence-corrected chi connectivity index (χ3v) is 4.92. The summed E-state index contributed by atoms with van der Waals surface area (Å²) in [5, 5.41) is 2.14. The molecule has 1 saturated carbocycles. The van der Waals surface area contributed by atoms with Crippen molar-refractivity contribution in [2.75, 3.05) is 0 Å². The fraction of sp³-hybridized carbons (Fsp3) is 0.600. The van der Waals surface area contributed by atoms with Crippen LogP contribution in [0.5, 0.6) is 0 Å². The molecule has 1 aliphatic rings. The minimum Gasteiger partial charge on any atom is -0.325 e. The van der Waals surface area contributed by atoms with Gasteiger partial charge in [-0.2, -0.15) is 0 Å². The van der Waals surface area contributed by atoms with Crippen molar-refractivity contribution in [3.63, 3.8) is 0 Å². The minimum absolute atomic E-state index is 0.0860. The molecule has 1 fully saturated rings. The summed E-state index contributed by atoms with van der Waals surface area (Å²) >= 11 is 5.31. The van der Waals surface area contributed by atoms with E-state index in [9.17, 15) is 0 Å². The average Bonchev–Trinajstić information content (AvgIpc) is 2.70. The smallest absolute Gasteiger partial charge is 0.0285 e. The maximum atomic E-state index is 6.21. The molecule has 0 spiro atoms. The summed E-state index contributed by atoms with van der Waals surface area (Å²) in [7, 11) is 0. The van der Waals surface area contributed by atoms with Gasteiger partial charge in [-0.1, -0.05) is 0 Å². The number of nitrogens with two attached hydrogens (primary N) is 1. The van der Waals surface area contributed by atoms with Gasteiger partial charge >= 0.3 is 0 Å². The predicted molar refractivity (Wildman–Crippen MR) is 61.2 cm³/mol. The summed E-state index contributed by atoms with van der Waals surface area (Å²) in [6.07, 6.45) is 2.48. The van der Waals surface area contributed by atoms with Gasteiger partial charge in [-0.15, -0.1) is 11.3 Å². The first kappa shape index (κ1) is 9.69. The van der Waals surface area contributed by atoms with Gasteiger partial charge in [-0.05, 0) is 48.7 Å². The van der Waals surface area contributed by atoms with E-state index in [1.54, 1.807) is 0 Å². The zero-order chi connectivity index (χ0) is 9.69. The molecule has 0 atom stereocenters. The van der Waals surface area contributed by atoms with Gasteiger partial charge < -0.3 is 5.73 Å². The molecular formula is C10H14BrNS. The molecular weight excluding hydrogens is 246 g/mol. The van der Waals surface area contributed by atoms with Gasteiger partial charge in [0, 0.05) is 25.7 Å². The van der Waals surface area contributed by atoms with E-state index >= 15 is 0 Å². The molecule has 3 heteroatoms. The van der Waals surface area contributed by atoms with Gasteiger partial charge in [0.25, 0.3) is 0 Å². The van der Waals surface area contributed by atoms with Gasteiger partial charge in [-0.25, -0.2) is 0 Å². The Morgan fingerprint density at radius 3 is 2.46 bits per heavy atom. The van der Waals surface area contributed by atoms with E-state index in [0.29, 0.717) is 0 Å². The summed E-state index contributed by atoms with van der Waals surface area (Å²) in [6, 6.07) is 2.21. The molecule has 72 valence electrons. The highest BCUT2D eigenvalue weighted by molar-refractivity contribution is 9.10. The van der Waals surface area contributed by atoms with Crippen LogP contribution < -0.4 is 5.73 Å². The van der Waals surface area contributed by atoms with Crippen LogP contribution >= 0.6 is 27.3 Å². The lowest BCUT2D eigenvalue weighted by Crippen LogP contribution is -2.44. The Morgan fingerprint density at radius 2 is 2.15 bits per heavy atom. The largest absolute Gasteiger partial charge is 0.325 e. The topological polar surface area (TPSA) is 26.0 Å². The van der Waals surface area contributed by atoms with Crippen molar-refractivity contribution in [3.8, 4) is 0 Å². The Balaban J connectivity index is 2.36. The molecule has 2 N–H and O–H groups in total. The molecule has 1 aromatic heterocycles. The summed E-state index contributed by atoms with van der Waals surface area (Å²) in [6.45, 7) is 4.27. The summed E-state index contributed by atoms with van der Waals surface area (Å²) < 4.78 is 1.18. The average molecular weight is 260 g/mol. The lowest BCUT2D eigenvalue weighted by atomic mass is 9.84. The second-order valence-electron chi connectivity index (χ2n) is 4.43. The van der Waals surface area contributed by atoms with Gasteiger partial charge in [0.2, 0.25) is 0 Å². The van der Waals surface area contributed by atoms with Gasteiger partial charge in [0.1, 0.15) is 0 Å². The molecule has 0 aliphatic heterocycles. The summed E-state index contributed by atoms with van der Waals surface area (Å²) in [5.41, 5.74) is 6.39. The van der Waals surface area contributed by atoms with Crippen LogP contribution in [-0.2, 0) is 5.41 Å². The maximum Gasteiger partial charge on any atom is 0.0285 e. The molecule has 13 heavy (non-hydrogen) atoms. The standard InChI is InChI=1S/C10H14BrNS/c1-9(2,12)10(3-4-10)8-5-7(11)6-13-8/h5-6H,3-4,12H2,1-2H3. The Labute approximate surface area is 91.5 Å². The van der Waals surface area contributed by atoms with E-state index in [1.165, 1.54) is 22.2 Å². The predicted octanol–water partition coefficient (Wildman–Crippen LogP) is 3.28. The van der Waals surface area contributed by atoms with E-state index < -0.39 is 0 Å². The van der Waals surface area contributed by atoms with Gasteiger partial charge in [0.15, 0.2) is 0 Å². The fourth-order valence-electron chi connectivity index (χ4n) is 1.90. The molecule has 1 heterocycles. The summed E-state index contributed by atoms with van der Waals surface area (Å²) in [5.74, 6) is 0. The first-order valence-corrected chi connectivity index (χ1v) is 6.16. The molecule has 0 saturated heterocycles. The van der Waals surface area contributed by atoms with E-state index in [4.69, 9.17) is 5.73 Å². The number of halogens is 1. The van der Waals surface area contributed by atoms with Crippen LogP contribution in [-0.4, -0.2) is 5.54 Å². The van der Waals surface area contributed by atoms with E-state index in [1.807, 2.05) is 11.3 Å². The Kier molecular flexibility index (Phi) is 2.10. The van der Waals surface area contributed by atoms with E-state index in [-0.39, 0.29) is 11.0 Å². The highest BCUT2D eigenvalue weighted by atomic mass is 79.9. The number of hydrogen-bond donors (Lipinski definition) is 1. The van der Waals surface area contributed by atoms with Crippen molar-refractivity contribution >= 4 is 27.3 Å². The Bertz CT molecular complexity index is 320. The molecule has 0 unspecified atom stereocenters. The fourth-order valence-corrected chi connectivity index (χ4v) is 3.75. The first-order chi connectivity index (χ1) is 5.96. The number of thiophene rings is 1. The molecule has 1 nitrogen and oxygen atoms in total. The molecule has 2 rings (SSSR count). The Morgan fingerprint density at radius 1 is 1.54 bits per heavy atom. The lowest BCUT2D eigenvalue weighted by Gasteiger charge is -2.29. The molecule has 1 aromatic rings. The zero-order valence-electron chi connectivity index (χ0n) is 7.93. The summed E-state index contributed by atoms with van der Waals surface area (Å²) in [4.78, 5) is 1.44. The zero-order valence-corrected chi connectivity index (χ0v) is 10.3. The third kappa shape index (κ3) is 1.47. The van der Waals surface area contributed by atoms with E-state index in [0.717, 1.165) is 0 Å². The highest BCUT2D eigenvalue weighted by Gasteiger charge is 2.54. The minimum atomic E-state index is -0.0860. The second-order valence-corrected chi connectivity index (χ2v) is 6.26. The lowest BCUT2D eigenvalue weighted by molar-refractivity contribution is 0.397. The quantitative estimate of drug-likeness (QED) is 0.867. The maximum absolute atomic E-state index is 6.21.